The van der Waals surface area contributed by atoms with Gasteiger partial charge in [0.1, 0.15) is 11.6 Å². The normalized spacial score (nSPS) is 20.7. The second kappa shape index (κ2) is 6.95. The minimum atomic E-state index is -0.995. The molecule has 0 radical (unpaired) electrons. The number of amides is 4. The zero-order valence-electron chi connectivity index (χ0n) is 15.2. The van der Waals surface area contributed by atoms with Crippen LogP contribution in [0.4, 0.5) is 16.2 Å². The number of carbonyl (C=O) groups excluding carboxylic acids is 3. The van der Waals surface area contributed by atoms with Gasteiger partial charge in [0, 0.05) is 24.5 Å². The van der Waals surface area contributed by atoms with Crippen LogP contribution in [0, 0.1) is 0 Å². The van der Waals surface area contributed by atoms with Crippen LogP contribution >= 0.6 is 0 Å². The Morgan fingerprint density at radius 1 is 1.19 bits per heavy atom. The molecule has 26 heavy (non-hydrogen) atoms. The van der Waals surface area contributed by atoms with E-state index in [9.17, 15) is 14.4 Å². The number of nitrogens with zero attached hydrogens (tertiary/aromatic N) is 2. The van der Waals surface area contributed by atoms with E-state index in [1.807, 2.05) is 24.3 Å². The van der Waals surface area contributed by atoms with Crippen LogP contribution in [0.3, 0.4) is 0 Å². The molecule has 140 valence electrons. The van der Waals surface area contributed by atoms with Crippen LogP contribution in [0.15, 0.2) is 24.3 Å². The highest BCUT2D eigenvalue weighted by atomic mass is 16.5. The first-order chi connectivity index (χ1) is 12.3. The predicted octanol–water partition coefficient (Wildman–Crippen LogP) is 1.18. The number of anilines is 2. The van der Waals surface area contributed by atoms with Crippen LogP contribution in [-0.4, -0.2) is 60.6 Å². The fraction of sp³-hybridized carbons (Fsp3) is 0.500. The van der Waals surface area contributed by atoms with E-state index in [0.717, 1.165) is 23.7 Å². The lowest BCUT2D eigenvalue weighted by atomic mass is 10.1. The maximum atomic E-state index is 12.5. The summed E-state index contributed by atoms with van der Waals surface area (Å²) in [6.45, 7) is 7.85. The Morgan fingerprint density at radius 2 is 1.81 bits per heavy atom. The fourth-order valence-electron chi connectivity index (χ4n) is 3.07. The molecule has 0 saturated carbocycles. The molecule has 2 heterocycles. The van der Waals surface area contributed by atoms with Crippen molar-refractivity contribution in [1.82, 2.24) is 10.2 Å². The smallest absolute Gasteiger partial charge is 0.325 e. The largest absolute Gasteiger partial charge is 0.378 e. The van der Waals surface area contributed by atoms with Gasteiger partial charge in [-0.1, -0.05) is 0 Å². The maximum absolute atomic E-state index is 12.5. The summed E-state index contributed by atoms with van der Waals surface area (Å²) < 4.78 is 5.34. The summed E-state index contributed by atoms with van der Waals surface area (Å²) in [4.78, 5) is 40.0. The minimum absolute atomic E-state index is 0.409. The Kier molecular flexibility index (Phi) is 4.86. The molecule has 0 spiro atoms. The molecule has 1 aromatic carbocycles. The lowest BCUT2D eigenvalue weighted by molar-refractivity contribution is -0.135. The molecule has 2 saturated heterocycles. The number of rotatable bonds is 4. The van der Waals surface area contributed by atoms with Crippen molar-refractivity contribution in [3.8, 4) is 0 Å². The van der Waals surface area contributed by atoms with Crippen molar-refractivity contribution >= 4 is 29.2 Å². The van der Waals surface area contributed by atoms with Crippen LogP contribution in [0.1, 0.15) is 20.8 Å². The third kappa shape index (κ3) is 3.50. The lowest BCUT2D eigenvalue weighted by Crippen LogP contribution is -2.47. The third-order valence-corrected chi connectivity index (χ3v) is 4.67. The van der Waals surface area contributed by atoms with E-state index in [0.29, 0.717) is 18.9 Å². The summed E-state index contributed by atoms with van der Waals surface area (Å²) in [5.74, 6) is -0.821. The van der Waals surface area contributed by atoms with Crippen molar-refractivity contribution < 1.29 is 19.1 Å². The molecule has 0 bridgehead atoms. The molecular weight excluding hydrogens is 336 g/mol. The van der Waals surface area contributed by atoms with E-state index < -0.39 is 29.4 Å². The number of nitrogens with one attached hydrogen (secondary N) is 2. The minimum Gasteiger partial charge on any atom is -0.378 e. The van der Waals surface area contributed by atoms with Gasteiger partial charge in [-0.2, -0.15) is 0 Å². The Balaban J connectivity index is 1.64. The van der Waals surface area contributed by atoms with Crippen LogP contribution in [0.25, 0.3) is 0 Å². The highest BCUT2D eigenvalue weighted by Gasteiger charge is 2.47. The molecule has 4 amide bonds. The quantitative estimate of drug-likeness (QED) is 0.787. The Bertz CT molecular complexity index is 710. The van der Waals surface area contributed by atoms with Gasteiger partial charge in [0.15, 0.2) is 0 Å². The predicted molar refractivity (Wildman–Crippen MR) is 97.0 cm³/mol. The highest BCUT2D eigenvalue weighted by Crippen LogP contribution is 2.22. The molecule has 2 fully saturated rings. The van der Waals surface area contributed by atoms with Gasteiger partial charge in [0.2, 0.25) is 5.91 Å². The van der Waals surface area contributed by atoms with E-state index >= 15 is 0 Å². The summed E-state index contributed by atoms with van der Waals surface area (Å²) in [5, 5.41) is 5.34. The fourth-order valence-corrected chi connectivity index (χ4v) is 3.07. The van der Waals surface area contributed by atoms with Gasteiger partial charge >= 0.3 is 6.03 Å². The second-order valence-corrected chi connectivity index (χ2v) is 7.04. The van der Waals surface area contributed by atoms with Crippen molar-refractivity contribution in [2.24, 2.45) is 0 Å². The van der Waals surface area contributed by atoms with Crippen LogP contribution in [-0.2, 0) is 14.3 Å². The lowest BCUT2D eigenvalue weighted by Gasteiger charge is -2.29. The summed E-state index contributed by atoms with van der Waals surface area (Å²) in [6, 6.07) is 6.04. The van der Waals surface area contributed by atoms with E-state index in [-0.39, 0.29) is 0 Å². The molecule has 2 N–H and O–H groups in total. The van der Waals surface area contributed by atoms with Crippen molar-refractivity contribution in [3.63, 3.8) is 0 Å². The van der Waals surface area contributed by atoms with Crippen LogP contribution in [0.5, 0.6) is 0 Å². The molecule has 0 aliphatic carbocycles. The highest BCUT2D eigenvalue weighted by molar-refractivity contribution is 6.10. The zero-order chi connectivity index (χ0) is 18.9. The van der Waals surface area contributed by atoms with Gasteiger partial charge in [-0.3, -0.25) is 9.59 Å². The molecule has 8 nitrogen and oxygen atoms in total. The van der Waals surface area contributed by atoms with Gasteiger partial charge < -0.3 is 20.3 Å². The molecule has 1 atom stereocenters. The number of hydrogen-bond acceptors (Lipinski definition) is 5. The van der Waals surface area contributed by atoms with E-state index in [4.69, 9.17) is 4.74 Å². The average Bonchev–Trinajstić information content (AvgIpc) is 2.83. The average molecular weight is 360 g/mol. The monoisotopic (exact) mass is 360 g/mol. The zero-order valence-corrected chi connectivity index (χ0v) is 15.2. The third-order valence-electron chi connectivity index (χ3n) is 4.67. The molecule has 2 aliphatic heterocycles. The van der Waals surface area contributed by atoms with E-state index in [1.54, 1.807) is 13.8 Å². The van der Waals surface area contributed by atoms with Gasteiger partial charge in [0.25, 0.3) is 5.91 Å². The summed E-state index contributed by atoms with van der Waals surface area (Å²) >= 11 is 0. The topological polar surface area (TPSA) is 91.0 Å². The van der Waals surface area contributed by atoms with Crippen molar-refractivity contribution in [2.45, 2.75) is 32.4 Å². The van der Waals surface area contributed by atoms with Crippen molar-refractivity contribution in [3.05, 3.63) is 24.3 Å². The Labute approximate surface area is 152 Å². The molecule has 2 aliphatic rings. The van der Waals surface area contributed by atoms with Crippen molar-refractivity contribution in [2.75, 3.05) is 36.5 Å². The van der Waals surface area contributed by atoms with Gasteiger partial charge in [0.05, 0.1) is 13.2 Å². The maximum Gasteiger partial charge on any atom is 0.325 e. The van der Waals surface area contributed by atoms with Gasteiger partial charge in [-0.05, 0) is 45.0 Å². The van der Waals surface area contributed by atoms with Crippen molar-refractivity contribution in [1.29, 1.82) is 0 Å². The molecule has 8 heteroatoms. The van der Waals surface area contributed by atoms with Gasteiger partial charge in [-0.15, -0.1) is 0 Å². The molecule has 1 aromatic rings. The molecule has 0 aromatic heterocycles. The van der Waals surface area contributed by atoms with E-state index in [1.165, 1.54) is 6.92 Å². The van der Waals surface area contributed by atoms with E-state index in [2.05, 4.69) is 15.5 Å². The first-order valence-electron chi connectivity index (χ1n) is 8.69. The number of carbonyl (C=O) groups is 3. The SMILES string of the molecule is C[C@@H](C(=O)Nc1ccc(N2CCOCC2)cc1)N1C(=O)NC(C)(C)C1=O. The standard InChI is InChI=1S/C18H24N4O4/c1-12(22-16(24)18(2,3)20-17(22)25)15(23)19-13-4-6-14(7-5-13)21-8-10-26-11-9-21/h4-7,12H,8-11H2,1-3H3,(H,19,23)(H,20,25)/t12-/m0/s1. The Hall–Kier alpha value is -2.61. The molecular formula is C18H24N4O4. The van der Waals surface area contributed by atoms with Crippen LogP contribution in [0.2, 0.25) is 0 Å². The van der Waals surface area contributed by atoms with Crippen LogP contribution < -0.4 is 15.5 Å². The number of imide groups is 1. The molecule has 0 unspecified atom stereocenters. The second-order valence-electron chi connectivity index (χ2n) is 7.04. The molecule has 3 rings (SSSR count). The number of benzene rings is 1. The summed E-state index contributed by atoms with van der Waals surface area (Å²) in [7, 11) is 0. The number of ether oxygens (including phenoxy) is 1. The number of morpholine rings is 1. The first kappa shape index (κ1) is 18.2. The summed E-state index contributed by atoms with van der Waals surface area (Å²) in [6.07, 6.45) is 0. The summed E-state index contributed by atoms with van der Waals surface area (Å²) in [5.41, 5.74) is 0.686. The van der Waals surface area contributed by atoms with Gasteiger partial charge in [-0.25, -0.2) is 9.69 Å². The number of urea groups is 1. The first-order valence-corrected chi connectivity index (χ1v) is 8.69. The number of hydrogen-bond donors (Lipinski definition) is 2. The Morgan fingerprint density at radius 3 is 2.35 bits per heavy atom.